The van der Waals surface area contributed by atoms with Gasteiger partial charge in [0.2, 0.25) is 0 Å². The zero-order chi connectivity index (χ0) is 13.4. The van der Waals surface area contributed by atoms with Gasteiger partial charge >= 0.3 is 5.69 Å². The van der Waals surface area contributed by atoms with E-state index in [1.165, 1.54) is 25.7 Å². The second-order valence-electron chi connectivity index (χ2n) is 5.39. The molecule has 1 aromatic heterocycles. The highest BCUT2D eigenvalue weighted by Crippen LogP contribution is 2.33. The van der Waals surface area contributed by atoms with Crippen molar-refractivity contribution in [2.75, 3.05) is 5.32 Å². The van der Waals surface area contributed by atoms with Gasteiger partial charge in [0, 0.05) is 10.5 Å². The molecular formula is C14H18BrN3O. The van der Waals surface area contributed by atoms with Crippen LogP contribution in [0.25, 0.3) is 11.0 Å². The smallest absolute Gasteiger partial charge is 0.323 e. The Hall–Kier alpha value is -1.23. The van der Waals surface area contributed by atoms with Gasteiger partial charge in [0.1, 0.15) is 0 Å². The second-order valence-corrected chi connectivity index (χ2v) is 6.24. The molecule has 5 heteroatoms. The molecule has 1 saturated carbocycles. The Bertz CT molecular complexity index is 646. The SMILES string of the molecule is CCC1CCC(Nc2cc3[nH]c(=O)[nH]c3cc2Br)C1. The Morgan fingerprint density at radius 2 is 2.05 bits per heavy atom. The minimum Gasteiger partial charge on any atom is -0.381 e. The van der Waals surface area contributed by atoms with E-state index in [1.807, 2.05) is 12.1 Å². The summed E-state index contributed by atoms with van der Waals surface area (Å²) in [6.07, 6.45) is 5.05. The first-order chi connectivity index (χ1) is 9.15. The Morgan fingerprint density at radius 1 is 1.32 bits per heavy atom. The number of fused-ring (bicyclic) bond motifs is 1. The van der Waals surface area contributed by atoms with Crippen molar-refractivity contribution in [2.24, 2.45) is 5.92 Å². The Kier molecular flexibility index (Phi) is 3.39. The van der Waals surface area contributed by atoms with E-state index in [2.05, 4.69) is 38.1 Å². The average molecular weight is 324 g/mol. The van der Waals surface area contributed by atoms with Crippen molar-refractivity contribution in [3.05, 3.63) is 27.1 Å². The largest absolute Gasteiger partial charge is 0.381 e. The molecule has 0 amide bonds. The van der Waals surface area contributed by atoms with Crippen LogP contribution in [0.3, 0.4) is 0 Å². The maximum atomic E-state index is 11.3. The third-order valence-electron chi connectivity index (χ3n) is 4.08. The van der Waals surface area contributed by atoms with Crippen LogP contribution in [-0.4, -0.2) is 16.0 Å². The van der Waals surface area contributed by atoms with Crippen molar-refractivity contribution in [3.8, 4) is 0 Å². The minimum absolute atomic E-state index is 0.161. The van der Waals surface area contributed by atoms with E-state index in [0.29, 0.717) is 6.04 Å². The molecule has 1 aliphatic rings. The summed E-state index contributed by atoms with van der Waals surface area (Å²) < 4.78 is 0.996. The summed E-state index contributed by atoms with van der Waals surface area (Å²) in [6, 6.07) is 4.49. The average Bonchev–Trinajstić information content (AvgIpc) is 2.95. The molecule has 1 heterocycles. The molecule has 102 valence electrons. The van der Waals surface area contributed by atoms with E-state index in [-0.39, 0.29) is 5.69 Å². The number of imidazole rings is 1. The van der Waals surface area contributed by atoms with Crippen LogP contribution in [0.5, 0.6) is 0 Å². The number of hydrogen-bond acceptors (Lipinski definition) is 2. The zero-order valence-electron chi connectivity index (χ0n) is 10.9. The molecule has 0 bridgehead atoms. The number of anilines is 1. The summed E-state index contributed by atoms with van der Waals surface area (Å²) in [5, 5.41) is 3.59. The lowest BCUT2D eigenvalue weighted by Crippen LogP contribution is -2.15. The van der Waals surface area contributed by atoms with Gasteiger partial charge in [-0.1, -0.05) is 13.3 Å². The Balaban J connectivity index is 1.84. The van der Waals surface area contributed by atoms with Gasteiger partial charge < -0.3 is 15.3 Å². The van der Waals surface area contributed by atoms with Crippen molar-refractivity contribution in [1.29, 1.82) is 0 Å². The molecule has 0 spiro atoms. The quantitative estimate of drug-likeness (QED) is 0.808. The van der Waals surface area contributed by atoms with Crippen LogP contribution < -0.4 is 11.0 Å². The first-order valence-corrected chi connectivity index (χ1v) is 7.63. The van der Waals surface area contributed by atoms with Crippen LogP contribution in [0.1, 0.15) is 32.6 Å². The highest BCUT2D eigenvalue weighted by atomic mass is 79.9. The molecule has 0 radical (unpaired) electrons. The number of benzene rings is 1. The molecule has 19 heavy (non-hydrogen) atoms. The molecule has 2 aromatic rings. The third-order valence-corrected chi connectivity index (χ3v) is 4.74. The number of halogens is 1. The monoisotopic (exact) mass is 323 g/mol. The Labute approximate surface area is 120 Å². The summed E-state index contributed by atoms with van der Waals surface area (Å²) in [6.45, 7) is 2.26. The summed E-state index contributed by atoms with van der Waals surface area (Å²) in [7, 11) is 0. The lowest BCUT2D eigenvalue weighted by atomic mass is 10.1. The first kappa shape index (κ1) is 12.8. The minimum atomic E-state index is -0.161. The van der Waals surface area contributed by atoms with E-state index >= 15 is 0 Å². The molecule has 3 rings (SSSR count). The maximum absolute atomic E-state index is 11.3. The second kappa shape index (κ2) is 5.04. The number of hydrogen-bond donors (Lipinski definition) is 3. The maximum Gasteiger partial charge on any atom is 0.323 e. The molecule has 0 saturated heterocycles. The van der Waals surface area contributed by atoms with Crippen molar-refractivity contribution in [2.45, 2.75) is 38.6 Å². The van der Waals surface area contributed by atoms with E-state index in [1.54, 1.807) is 0 Å². The molecular weight excluding hydrogens is 306 g/mol. The predicted molar refractivity (Wildman–Crippen MR) is 81.7 cm³/mol. The number of aromatic nitrogens is 2. The molecule has 0 aliphatic heterocycles. The van der Waals surface area contributed by atoms with Gasteiger partial charge in [-0.05, 0) is 53.2 Å². The van der Waals surface area contributed by atoms with Gasteiger partial charge in [-0.15, -0.1) is 0 Å². The van der Waals surface area contributed by atoms with Crippen LogP contribution in [0, 0.1) is 5.92 Å². The summed E-state index contributed by atoms with van der Waals surface area (Å²) >= 11 is 3.57. The molecule has 2 atom stereocenters. The van der Waals surface area contributed by atoms with Crippen molar-refractivity contribution < 1.29 is 0 Å². The first-order valence-electron chi connectivity index (χ1n) is 6.83. The topological polar surface area (TPSA) is 60.7 Å². The fraction of sp³-hybridized carbons (Fsp3) is 0.500. The van der Waals surface area contributed by atoms with Gasteiger partial charge in [0.25, 0.3) is 0 Å². The highest BCUT2D eigenvalue weighted by molar-refractivity contribution is 9.10. The number of H-pyrrole nitrogens is 2. The predicted octanol–water partition coefficient (Wildman–Crippen LogP) is 3.61. The van der Waals surface area contributed by atoms with E-state index in [4.69, 9.17) is 0 Å². The highest BCUT2D eigenvalue weighted by Gasteiger charge is 2.23. The van der Waals surface area contributed by atoms with Crippen LogP contribution in [0.2, 0.25) is 0 Å². The lowest BCUT2D eigenvalue weighted by Gasteiger charge is -2.15. The molecule has 4 nitrogen and oxygen atoms in total. The van der Waals surface area contributed by atoms with Crippen molar-refractivity contribution in [3.63, 3.8) is 0 Å². The summed E-state index contributed by atoms with van der Waals surface area (Å²) in [4.78, 5) is 16.9. The van der Waals surface area contributed by atoms with Gasteiger partial charge in [-0.25, -0.2) is 4.79 Å². The summed E-state index contributed by atoms with van der Waals surface area (Å²) in [5.74, 6) is 0.854. The van der Waals surface area contributed by atoms with Gasteiger partial charge in [-0.3, -0.25) is 0 Å². The number of rotatable bonds is 3. The van der Waals surface area contributed by atoms with Crippen molar-refractivity contribution in [1.82, 2.24) is 9.97 Å². The van der Waals surface area contributed by atoms with E-state index in [0.717, 1.165) is 27.1 Å². The van der Waals surface area contributed by atoms with E-state index < -0.39 is 0 Å². The zero-order valence-corrected chi connectivity index (χ0v) is 12.5. The van der Waals surface area contributed by atoms with Gasteiger partial charge in [-0.2, -0.15) is 0 Å². The fourth-order valence-electron chi connectivity index (χ4n) is 2.96. The van der Waals surface area contributed by atoms with Crippen LogP contribution in [0.4, 0.5) is 5.69 Å². The molecule has 1 fully saturated rings. The van der Waals surface area contributed by atoms with Crippen LogP contribution in [-0.2, 0) is 0 Å². The van der Waals surface area contributed by atoms with Gasteiger partial charge in [0.05, 0.1) is 16.7 Å². The Morgan fingerprint density at radius 3 is 2.74 bits per heavy atom. The number of nitrogens with one attached hydrogen (secondary N) is 3. The van der Waals surface area contributed by atoms with Crippen LogP contribution >= 0.6 is 15.9 Å². The standard InChI is InChI=1S/C14H18BrN3O/c1-2-8-3-4-9(5-8)16-11-7-13-12(6-10(11)15)17-14(19)18-13/h6-9,16H,2-5H2,1H3,(H2,17,18,19). The molecule has 1 aliphatic carbocycles. The third kappa shape index (κ3) is 2.56. The lowest BCUT2D eigenvalue weighted by molar-refractivity contribution is 0.525. The normalized spacial score (nSPS) is 23.1. The fourth-order valence-corrected chi connectivity index (χ4v) is 3.42. The number of aromatic amines is 2. The molecule has 2 unspecified atom stereocenters. The van der Waals surface area contributed by atoms with Gasteiger partial charge in [0.15, 0.2) is 0 Å². The molecule has 3 N–H and O–H groups in total. The van der Waals surface area contributed by atoms with E-state index in [9.17, 15) is 4.79 Å². The molecule has 1 aromatic carbocycles. The van der Waals surface area contributed by atoms with Crippen molar-refractivity contribution >= 4 is 32.7 Å². The summed E-state index contributed by atoms with van der Waals surface area (Å²) in [5.41, 5.74) is 2.58. The van der Waals surface area contributed by atoms with Crippen LogP contribution in [0.15, 0.2) is 21.4 Å².